The number of methoxy groups -OCH3 is 1. The van der Waals surface area contributed by atoms with Crippen LogP contribution in [0.3, 0.4) is 0 Å². The maximum atomic E-state index is 13.6. The number of anilines is 1. The Bertz CT molecular complexity index is 457. The third-order valence-electron chi connectivity index (χ3n) is 1.85. The number of benzene rings is 1. The van der Waals surface area contributed by atoms with E-state index in [1.165, 1.54) is 19.2 Å². The second-order valence-corrected chi connectivity index (χ2v) is 3.62. The maximum Gasteiger partial charge on any atom is 0.325 e. The van der Waals surface area contributed by atoms with Crippen LogP contribution >= 0.6 is 15.9 Å². The molecule has 1 rings (SSSR count). The van der Waals surface area contributed by atoms with E-state index in [9.17, 15) is 9.18 Å². The molecule has 16 heavy (non-hydrogen) atoms. The van der Waals surface area contributed by atoms with Gasteiger partial charge in [0.2, 0.25) is 0 Å². The van der Waals surface area contributed by atoms with Crippen LogP contribution in [-0.4, -0.2) is 19.6 Å². The molecule has 0 aliphatic carbocycles. The Kier molecular flexibility index (Phi) is 4.26. The molecule has 0 heterocycles. The number of halogens is 2. The molecule has 0 aliphatic rings. The van der Waals surface area contributed by atoms with Crippen LogP contribution in [-0.2, 0) is 9.53 Å². The SMILES string of the molecule is COC(=O)CNc1ccc(C#N)c(Br)c1F. The minimum absolute atomic E-state index is 0.0739. The summed E-state index contributed by atoms with van der Waals surface area (Å²) in [5, 5.41) is 11.2. The van der Waals surface area contributed by atoms with Crippen molar-refractivity contribution in [1.82, 2.24) is 0 Å². The minimum Gasteiger partial charge on any atom is -0.468 e. The van der Waals surface area contributed by atoms with E-state index in [4.69, 9.17) is 5.26 Å². The van der Waals surface area contributed by atoms with E-state index in [0.717, 1.165) is 0 Å². The fourth-order valence-corrected chi connectivity index (χ4v) is 1.45. The zero-order chi connectivity index (χ0) is 12.1. The Balaban J connectivity index is 2.88. The zero-order valence-corrected chi connectivity index (χ0v) is 9.97. The monoisotopic (exact) mass is 286 g/mol. The number of carbonyl (C=O) groups is 1. The lowest BCUT2D eigenvalue weighted by Gasteiger charge is -2.07. The molecule has 0 amide bonds. The van der Waals surface area contributed by atoms with Gasteiger partial charge in [0, 0.05) is 0 Å². The molecule has 1 N–H and O–H groups in total. The average molecular weight is 287 g/mol. The summed E-state index contributed by atoms with van der Waals surface area (Å²) >= 11 is 2.96. The van der Waals surface area contributed by atoms with Gasteiger partial charge in [-0.2, -0.15) is 5.26 Å². The van der Waals surface area contributed by atoms with Gasteiger partial charge in [-0.3, -0.25) is 4.79 Å². The molecular formula is C10H8BrFN2O2. The van der Waals surface area contributed by atoms with Crippen LogP contribution in [0.5, 0.6) is 0 Å². The average Bonchev–Trinajstić information content (AvgIpc) is 2.30. The van der Waals surface area contributed by atoms with Crippen molar-refractivity contribution in [3.8, 4) is 6.07 Å². The summed E-state index contributed by atoms with van der Waals surface area (Å²) in [5.74, 6) is -1.11. The molecule has 1 aromatic rings. The summed E-state index contributed by atoms with van der Waals surface area (Å²) in [6, 6.07) is 4.67. The first-order valence-electron chi connectivity index (χ1n) is 4.29. The molecule has 0 saturated carbocycles. The summed E-state index contributed by atoms with van der Waals surface area (Å²) in [5.41, 5.74) is 0.331. The highest BCUT2D eigenvalue weighted by atomic mass is 79.9. The number of hydrogen-bond acceptors (Lipinski definition) is 4. The Morgan fingerprint density at radius 3 is 2.94 bits per heavy atom. The van der Waals surface area contributed by atoms with Gasteiger partial charge in [-0.05, 0) is 28.1 Å². The molecule has 0 aliphatic heterocycles. The Hall–Kier alpha value is -1.61. The van der Waals surface area contributed by atoms with Crippen molar-refractivity contribution in [2.45, 2.75) is 0 Å². The Labute approximate surface area is 100 Å². The number of rotatable bonds is 3. The van der Waals surface area contributed by atoms with Gasteiger partial charge in [0.1, 0.15) is 12.6 Å². The van der Waals surface area contributed by atoms with E-state index in [-0.39, 0.29) is 22.3 Å². The number of ether oxygens (including phenoxy) is 1. The number of esters is 1. The number of nitriles is 1. The van der Waals surface area contributed by atoms with Crippen LogP contribution in [0.1, 0.15) is 5.56 Å². The normalized spacial score (nSPS) is 9.38. The highest BCUT2D eigenvalue weighted by Gasteiger charge is 2.11. The van der Waals surface area contributed by atoms with Crippen molar-refractivity contribution in [1.29, 1.82) is 5.26 Å². The van der Waals surface area contributed by atoms with Crippen molar-refractivity contribution in [3.05, 3.63) is 28.0 Å². The Morgan fingerprint density at radius 2 is 2.38 bits per heavy atom. The van der Waals surface area contributed by atoms with Crippen LogP contribution in [0, 0.1) is 17.1 Å². The standard InChI is InChI=1S/C10H8BrFN2O2/c1-16-8(15)5-14-7-3-2-6(4-13)9(11)10(7)12/h2-3,14H,5H2,1H3. The predicted molar refractivity (Wildman–Crippen MR) is 59.3 cm³/mol. The smallest absolute Gasteiger partial charge is 0.325 e. The zero-order valence-electron chi connectivity index (χ0n) is 8.38. The van der Waals surface area contributed by atoms with Gasteiger partial charge < -0.3 is 10.1 Å². The number of nitrogens with zero attached hydrogens (tertiary/aromatic N) is 1. The van der Waals surface area contributed by atoms with E-state index < -0.39 is 11.8 Å². The summed E-state index contributed by atoms with van der Waals surface area (Å²) in [7, 11) is 1.25. The van der Waals surface area contributed by atoms with Gasteiger partial charge in [-0.25, -0.2) is 4.39 Å². The molecule has 0 unspecified atom stereocenters. The van der Waals surface area contributed by atoms with Crippen molar-refractivity contribution in [2.75, 3.05) is 19.0 Å². The molecule has 0 aromatic heterocycles. The lowest BCUT2D eigenvalue weighted by Crippen LogP contribution is -2.15. The molecule has 0 saturated heterocycles. The molecule has 0 spiro atoms. The summed E-state index contributed by atoms with van der Waals surface area (Å²) in [6.07, 6.45) is 0. The largest absolute Gasteiger partial charge is 0.468 e. The molecule has 0 radical (unpaired) electrons. The fraction of sp³-hybridized carbons (Fsp3) is 0.200. The van der Waals surface area contributed by atoms with Crippen molar-refractivity contribution in [2.24, 2.45) is 0 Å². The summed E-state index contributed by atoms with van der Waals surface area (Å²) < 4.78 is 18.1. The van der Waals surface area contributed by atoms with Crippen LogP contribution in [0.4, 0.5) is 10.1 Å². The van der Waals surface area contributed by atoms with E-state index >= 15 is 0 Å². The van der Waals surface area contributed by atoms with Gasteiger partial charge in [0.05, 0.1) is 22.8 Å². The maximum absolute atomic E-state index is 13.6. The number of carbonyl (C=O) groups excluding carboxylic acids is 1. The van der Waals surface area contributed by atoms with Crippen LogP contribution in [0.15, 0.2) is 16.6 Å². The first kappa shape index (κ1) is 12.5. The lowest BCUT2D eigenvalue weighted by molar-refractivity contribution is -0.138. The second-order valence-electron chi connectivity index (χ2n) is 2.83. The molecule has 0 fully saturated rings. The first-order valence-corrected chi connectivity index (χ1v) is 5.08. The third kappa shape index (κ3) is 2.70. The van der Waals surface area contributed by atoms with E-state index in [1.807, 2.05) is 6.07 Å². The lowest BCUT2D eigenvalue weighted by atomic mass is 10.2. The molecule has 0 bridgehead atoms. The minimum atomic E-state index is -0.608. The van der Waals surface area contributed by atoms with E-state index in [1.54, 1.807) is 0 Å². The molecule has 84 valence electrons. The van der Waals surface area contributed by atoms with Gasteiger partial charge in [-0.1, -0.05) is 0 Å². The third-order valence-corrected chi connectivity index (χ3v) is 2.63. The van der Waals surface area contributed by atoms with Gasteiger partial charge in [0.15, 0.2) is 5.82 Å². The van der Waals surface area contributed by atoms with Crippen LogP contribution < -0.4 is 5.32 Å². The van der Waals surface area contributed by atoms with E-state index in [2.05, 4.69) is 26.0 Å². The number of nitrogens with one attached hydrogen (secondary N) is 1. The fourth-order valence-electron chi connectivity index (χ4n) is 1.01. The second kappa shape index (κ2) is 5.47. The molecule has 6 heteroatoms. The predicted octanol–water partition coefficient (Wildman–Crippen LogP) is 2.04. The van der Waals surface area contributed by atoms with Crippen LogP contribution in [0.25, 0.3) is 0 Å². The molecule has 4 nitrogen and oxygen atoms in total. The number of hydrogen-bond donors (Lipinski definition) is 1. The van der Waals surface area contributed by atoms with E-state index in [0.29, 0.717) is 0 Å². The van der Waals surface area contributed by atoms with Crippen molar-refractivity contribution in [3.63, 3.8) is 0 Å². The highest BCUT2D eigenvalue weighted by Crippen LogP contribution is 2.26. The topological polar surface area (TPSA) is 62.1 Å². The summed E-state index contributed by atoms with van der Waals surface area (Å²) in [4.78, 5) is 10.8. The van der Waals surface area contributed by atoms with Gasteiger partial charge >= 0.3 is 5.97 Å². The quantitative estimate of drug-likeness (QED) is 0.864. The molecule has 0 atom stereocenters. The van der Waals surface area contributed by atoms with Gasteiger partial charge in [-0.15, -0.1) is 0 Å². The highest BCUT2D eigenvalue weighted by molar-refractivity contribution is 9.10. The van der Waals surface area contributed by atoms with Crippen molar-refractivity contribution < 1.29 is 13.9 Å². The Morgan fingerprint density at radius 1 is 1.69 bits per heavy atom. The van der Waals surface area contributed by atoms with Gasteiger partial charge in [0.25, 0.3) is 0 Å². The van der Waals surface area contributed by atoms with Crippen molar-refractivity contribution >= 4 is 27.6 Å². The van der Waals surface area contributed by atoms with Crippen LogP contribution in [0.2, 0.25) is 0 Å². The summed E-state index contributed by atoms with van der Waals surface area (Å²) in [6.45, 7) is -0.133. The molecule has 1 aromatic carbocycles. The first-order chi connectivity index (χ1) is 7.60. The molecular weight excluding hydrogens is 279 g/mol.